The Labute approximate surface area is 95.1 Å². The molecule has 1 aliphatic heterocycles. The van der Waals surface area contributed by atoms with Crippen molar-refractivity contribution in [2.24, 2.45) is 0 Å². The van der Waals surface area contributed by atoms with Gasteiger partial charge < -0.3 is 14.9 Å². The number of aliphatic hydroxyl groups excluding tert-OH is 1. The number of aliphatic hydroxyl groups is 1. The molecule has 1 N–H and O–H groups in total. The largest absolute Gasteiger partial charge is 0.394 e. The lowest BCUT2D eigenvalue weighted by Crippen LogP contribution is -2.53. The number of benzene rings is 1. The predicted molar refractivity (Wildman–Crippen MR) is 62.1 cm³/mol. The highest BCUT2D eigenvalue weighted by Gasteiger charge is 2.26. The Hall–Kier alpha value is -1.13. The fourth-order valence-corrected chi connectivity index (χ4v) is 2.17. The zero-order valence-corrected chi connectivity index (χ0v) is 9.43. The molecule has 1 aliphatic rings. The van der Waals surface area contributed by atoms with Gasteiger partial charge in [-0.2, -0.15) is 0 Å². The summed E-state index contributed by atoms with van der Waals surface area (Å²) in [5, 5.41) is 9.34. The molecule has 1 atom stereocenters. The van der Waals surface area contributed by atoms with Gasteiger partial charge in [0.2, 0.25) is 0 Å². The van der Waals surface area contributed by atoms with E-state index in [1.54, 1.807) is 12.1 Å². The average molecular weight is 224 g/mol. The maximum atomic E-state index is 13.6. The lowest BCUT2D eigenvalue weighted by molar-refractivity contribution is 0.190. The van der Waals surface area contributed by atoms with Crippen molar-refractivity contribution in [3.63, 3.8) is 0 Å². The van der Waals surface area contributed by atoms with Crippen molar-refractivity contribution >= 4 is 5.69 Å². The van der Waals surface area contributed by atoms with E-state index in [0.717, 1.165) is 19.6 Å². The van der Waals surface area contributed by atoms with Crippen LogP contribution in [0.1, 0.15) is 0 Å². The van der Waals surface area contributed by atoms with Crippen LogP contribution in [-0.2, 0) is 0 Å². The van der Waals surface area contributed by atoms with Gasteiger partial charge in [0.15, 0.2) is 0 Å². The fraction of sp³-hybridized carbons (Fsp3) is 0.500. The second-order valence-corrected chi connectivity index (χ2v) is 4.24. The Morgan fingerprint density at radius 3 is 2.81 bits per heavy atom. The van der Waals surface area contributed by atoms with Crippen LogP contribution in [0.15, 0.2) is 24.3 Å². The minimum Gasteiger partial charge on any atom is -0.394 e. The molecule has 1 aromatic rings. The molecule has 3 nitrogen and oxygen atoms in total. The summed E-state index contributed by atoms with van der Waals surface area (Å²) in [5.74, 6) is -0.217. The van der Waals surface area contributed by atoms with Crippen LogP contribution in [0.25, 0.3) is 0 Å². The van der Waals surface area contributed by atoms with Crippen LogP contribution < -0.4 is 4.90 Å². The highest BCUT2D eigenvalue weighted by atomic mass is 19.1. The van der Waals surface area contributed by atoms with Crippen LogP contribution in [0.2, 0.25) is 0 Å². The van der Waals surface area contributed by atoms with Crippen LogP contribution in [0.3, 0.4) is 0 Å². The molecule has 1 saturated heterocycles. The number of rotatable bonds is 2. The van der Waals surface area contributed by atoms with Crippen LogP contribution >= 0.6 is 0 Å². The van der Waals surface area contributed by atoms with Crippen LogP contribution in [-0.4, -0.2) is 49.3 Å². The van der Waals surface area contributed by atoms with E-state index in [-0.39, 0.29) is 18.5 Å². The molecule has 1 unspecified atom stereocenters. The molecule has 16 heavy (non-hydrogen) atoms. The second kappa shape index (κ2) is 4.80. The molecule has 0 saturated carbocycles. The number of hydrogen-bond donors (Lipinski definition) is 1. The summed E-state index contributed by atoms with van der Waals surface area (Å²) in [4.78, 5) is 4.10. The van der Waals surface area contributed by atoms with Crippen molar-refractivity contribution in [2.75, 3.05) is 38.2 Å². The number of para-hydroxylation sites is 1. The Morgan fingerprint density at radius 1 is 1.38 bits per heavy atom. The van der Waals surface area contributed by atoms with E-state index in [4.69, 9.17) is 0 Å². The van der Waals surface area contributed by atoms with E-state index in [1.807, 2.05) is 18.0 Å². The van der Waals surface area contributed by atoms with E-state index in [9.17, 15) is 9.50 Å². The summed E-state index contributed by atoms with van der Waals surface area (Å²) < 4.78 is 13.6. The van der Waals surface area contributed by atoms with Gasteiger partial charge in [0.25, 0.3) is 0 Å². The molecule has 2 rings (SSSR count). The SMILES string of the molecule is CN1CCN(c2ccccc2F)C(CO)C1. The number of hydrogen-bond acceptors (Lipinski definition) is 3. The molecular weight excluding hydrogens is 207 g/mol. The molecule has 1 aromatic carbocycles. The Morgan fingerprint density at radius 2 is 2.12 bits per heavy atom. The standard InChI is InChI=1S/C12H17FN2O/c1-14-6-7-15(10(8-14)9-16)12-5-3-2-4-11(12)13/h2-5,10,16H,6-9H2,1H3. The van der Waals surface area contributed by atoms with Gasteiger partial charge >= 0.3 is 0 Å². The molecule has 4 heteroatoms. The van der Waals surface area contributed by atoms with Gasteiger partial charge in [-0.1, -0.05) is 12.1 Å². The lowest BCUT2D eigenvalue weighted by Gasteiger charge is -2.40. The quantitative estimate of drug-likeness (QED) is 0.810. The third kappa shape index (κ3) is 2.18. The maximum absolute atomic E-state index is 13.6. The molecule has 0 bridgehead atoms. The predicted octanol–water partition coefficient (Wildman–Crippen LogP) is 0.938. The minimum atomic E-state index is -0.217. The summed E-state index contributed by atoms with van der Waals surface area (Å²) in [7, 11) is 2.02. The number of likely N-dealkylation sites (N-methyl/N-ethyl adjacent to an activating group) is 1. The molecular formula is C12H17FN2O. The minimum absolute atomic E-state index is 0.0179. The zero-order chi connectivity index (χ0) is 11.5. The number of nitrogens with zero attached hydrogens (tertiary/aromatic N) is 2. The van der Waals surface area contributed by atoms with Gasteiger partial charge in [0.1, 0.15) is 5.82 Å². The van der Waals surface area contributed by atoms with E-state index in [0.29, 0.717) is 5.69 Å². The number of piperazine rings is 1. The van der Waals surface area contributed by atoms with Gasteiger partial charge in [-0.25, -0.2) is 4.39 Å². The molecule has 1 fully saturated rings. The third-order valence-corrected chi connectivity index (χ3v) is 3.06. The number of halogens is 1. The smallest absolute Gasteiger partial charge is 0.146 e. The van der Waals surface area contributed by atoms with Crippen molar-refractivity contribution in [3.8, 4) is 0 Å². The second-order valence-electron chi connectivity index (χ2n) is 4.24. The molecule has 0 amide bonds. The molecule has 0 aromatic heterocycles. The third-order valence-electron chi connectivity index (χ3n) is 3.06. The molecule has 0 spiro atoms. The van der Waals surface area contributed by atoms with Crippen LogP contribution in [0, 0.1) is 5.82 Å². The highest BCUT2D eigenvalue weighted by molar-refractivity contribution is 5.49. The summed E-state index contributed by atoms with van der Waals surface area (Å²) in [5.41, 5.74) is 0.592. The topological polar surface area (TPSA) is 26.7 Å². The first-order valence-electron chi connectivity index (χ1n) is 5.53. The highest BCUT2D eigenvalue weighted by Crippen LogP contribution is 2.23. The molecule has 88 valence electrons. The van der Waals surface area contributed by atoms with Gasteiger partial charge in [-0.3, -0.25) is 0 Å². The number of anilines is 1. The normalized spacial score (nSPS) is 22.4. The van der Waals surface area contributed by atoms with Gasteiger partial charge in [0.05, 0.1) is 18.3 Å². The van der Waals surface area contributed by atoms with Crippen LogP contribution in [0.5, 0.6) is 0 Å². The molecule has 0 radical (unpaired) electrons. The Kier molecular flexibility index (Phi) is 3.41. The summed E-state index contributed by atoms with van der Waals surface area (Å²) in [6.07, 6.45) is 0. The van der Waals surface area contributed by atoms with E-state index < -0.39 is 0 Å². The van der Waals surface area contributed by atoms with E-state index in [1.165, 1.54) is 6.07 Å². The van der Waals surface area contributed by atoms with E-state index >= 15 is 0 Å². The monoisotopic (exact) mass is 224 g/mol. The molecule has 1 heterocycles. The maximum Gasteiger partial charge on any atom is 0.146 e. The fourth-order valence-electron chi connectivity index (χ4n) is 2.17. The lowest BCUT2D eigenvalue weighted by atomic mass is 10.1. The zero-order valence-electron chi connectivity index (χ0n) is 9.43. The Bertz CT molecular complexity index is 359. The Balaban J connectivity index is 2.22. The summed E-state index contributed by atoms with van der Waals surface area (Å²) in [6.45, 7) is 2.47. The van der Waals surface area contributed by atoms with Gasteiger partial charge in [-0.15, -0.1) is 0 Å². The van der Waals surface area contributed by atoms with Crippen molar-refractivity contribution in [1.29, 1.82) is 0 Å². The van der Waals surface area contributed by atoms with Crippen molar-refractivity contribution in [2.45, 2.75) is 6.04 Å². The summed E-state index contributed by atoms with van der Waals surface area (Å²) >= 11 is 0. The first-order chi connectivity index (χ1) is 7.72. The first-order valence-corrected chi connectivity index (χ1v) is 5.53. The van der Waals surface area contributed by atoms with Crippen molar-refractivity contribution in [1.82, 2.24) is 4.90 Å². The van der Waals surface area contributed by atoms with Gasteiger partial charge in [0, 0.05) is 19.6 Å². The average Bonchev–Trinajstić information content (AvgIpc) is 2.30. The van der Waals surface area contributed by atoms with Crippen LogP contribution in [0.4, 0.5) is 10.1 Å². The molecule has 0 aliphatic carbocycles. The van der Waals surface area contributed by atoms with Crippen molar-refractivity contribution < 1.29 is 9.50 Å². The van der Waals surface area contributed by atoms with Crippen molar-refractivity contribution in [3.05, 3.63) is 30.1 Å². The van der Waals surface area contributed by atoms with E-state index in [2.05, 4.69) is 4.90 Å². The van der Waals surface area contributed by atoms with Gasteiger partial charge in [-0.05, 0) is 19.2 Å². The summed E-state index contributed by atoms with van der Waals surface area (Å²) in [6, 6.07) is 6.72. The first kappa shape index (κ1) is 11.4.